The number of hydrogen-bond donors (Lipinski definition) is 2. The van der Waals surface area contributed by atoms with E-state index < -0.39 is 0 Å². The van der Waals surface area contributed by atoms with Crippen LogP contribution in [0.2, 0.25) is 0 Å². The Morgan fingerprint density at radius 2 is 2.11 bits per heavy atom. The zero-order chi connectivity index (χ0) is 18.6. The summed E-state index contributed by atoms with van der Waals surface area (Å²) in [5.41, 5.74) is 2.01. The highest BCUT2D eigenvalue weighted by molar-refractivity contribution is 5.28. The Morgan fingerprint density at radius 3 is 2.85 bits per heavy atom. The molecule has 4 rings (SSSR count). The lowest BCUT2D eigenvalue weighted by molar-refractivity contribution is -0.0159. The summed E-state index contributed by atoms with van der Waals surface area (Å²) in [5, 5.41) is 12.0. The lowest BCUT2D eigenvalue weighted by atomic mass is 9.92. The normalized spacial score (nSPS) is 21.3. The molecule has 1 aliphatic heterocycles. The number of pyridine rings is 1. The van der Waals surface area contributed by atoms with Crippen molar-refractivity contribution in [3.8, 4) is 5.82 Å². The summed E-state index contributed by atoms with van der Waals surface area (Å²) >= 11 is 0. The molecule has 2 aliphatic rings. The molecule has 0 radical (unpaired) electrons. The smallest absolute Gasteiger partial charge is 0.276 e. The van der Waals surface area contributed by atoms with Crippen LogP contribution in [0.1, 0.15) is 17.7 Å². The first-order valence-corrected chi connectivity index (χ1v) is 9.65. The van der Waals surface area contributed by atoms with Crippen LogP contribution in [-0.4, -0.2) is 81.8 Å². The van der Waals surface area contributed by atoms with E-state index in [0.29, 0.717) is 18.5 Å². The Hall–Kier alpha value is -2.00. The molecule has 8 heteroatoms. The summed E-state index contributed by atoms with van der Waals surface area (Å²) in [5.74, 6) is 0.646. The van der Waals surface area contributed by atoms with Crippen molar-refractivity contribution in [3.05, 3.63) is 46.0 Å². The second kappa shape index (κ2) is 8.35. The van der Waals surface area contributed by atoms with Gasteiger partial charge < -0.3 is 9.84 Å². The summed E-state index contributed by atoms with van der Waals surface area (Å²) in [6, 6.07) is 6.01. The topological polar surface area (TPSA) is 86.6 Å². The van der Waals surface area contributed by atoms with E-state index in [-0.39, 0.29) is 12.4 Å². The number of nitrogens with one attached hydrogen (secondary N) is 1. The van der Waals surface area contributed by atoms with Crippen molar-refractivity contribution in [2.24, 2.45) is 0 Å². The zero-order valence-corrected chi connectivity index (χ0v) is 15.5. The van der Waals surface area contributed by atoms with Gasteiger partial charge in [-0.2, -0.15) is 0 Å². The summed E-state index contributed by atoms with van der Waals surface area (Å²) in [6.07, 6.45) is 4.48. The number of rotatable bonds is 6. The van der Waals surface area contributed by atoms with Crippen molar-refractivity contribution in [1.29, 1.82) is 0 Å². The van der Waals surface area contributed by atoms with Gasteiger partial charge in [0.2, 0.25) is 0 Å². The fraction of sp³-hybridized carbons (Fsp3) is 0.579. The highest BCUT2D eigenvalue weighted by atomic mass is 16.6. The number of aromatic nitrogens is 3. The van der Waals surface area contributed by atoms with Gasteiger partial charge in [0.15, 0.2) is 5.82 Å². The van der Waals surface area contributed by atoms with Crippen molar-refractivity contribution in [2.45, 2.75) is 25.3 Å². The highest BCUT2D eigenvalue weighted by Gasteiger charge is 2.30. The number of H-pyrrole nitrogens is 1. The van der Waals surface area contributed by atoms with Crippen LogP contribution in [0.3, 0.4) is 0 Å². The highest BCUT2D eigenvalue weighted by Crippen LogP contribution is 2.23. The summed E-state index contributed by atoms with van der Waals surface area (Å²) < 4.78 is 6.60. The van der Waals surface area contributed by atoms with Gasteiger partial charge in [0, 0.05) is 56.2 Å². The van der Waals surface area contributed by atoms with Crippen LogP contribution >= 0.6 is 0 Å². The fourth-order valence-corrected chi connectivity index (χ4v) is 4.15. The molecule has 1 atom stereocenters. The Bertz CT molecular complexity index is 795. The van der Waals surface area contributed by atoms with Crippen LogP contribution in [0, 0.1) is 0 Å². The van der Waals surface area contributed by atoms with Gasteiger partial charge in [-0.3, -0.25) is 19.7 Å². The minimum atomic E-state index is -0.211. The molecular formula is C19H27N5O3. The van der Waals surface area contributed by atoms with Gasteiger partial charge in [-0.25, -0.2) is 9.67 Å². The average Bonchev–Trinajstić information content (AvgIpc) is 3.05. The summed E-state index contributed by atoms with van der Waals surface area (Å²) in [6.45, 7) is 5.25. The SMILES string of the molecule is O=c1c2c([nH]n1-c1ccccn1)CCC(N1CCN(CCOCO)CC1)C2. The predicted molar refractivity (Wildman–Crippen MR) is 101 cm³/mol. The Morgan fingerprint density at radius 1 is 1.26 bits per heavy atom. The molecule has 0 spiro atoms. The van der Waals surface area contributed by atoms with Gasteiger partial charge in [0.25, 0.3) is 5.56 Å². The number of ether oxygens (including phenoxy) is 1. The van der Waals surface area contributed by atoms with E-state index >= 15 is 0 Å². The monoisotopic (exact) mass is 373 g/mol. The zero-order valence-electron chi connectivity index (χ0n) is 15.5. The molecule has 0 bridgehead atoms. The average molecular weight is 373 g/mol. The lowest BCUT2D eigenvalue weighted by Gasteiger charge is -2.40. The molecule has 2 aromatic heterocycles. The predicted octanol–water partition coefficient (Wildman–Crippen LogP) is 0.00190. The quantitative estimate of drug-likeness (QED) is 0.548. The van der Waals surface area contributed by atoms with Crippen molar-refractivity contribution < 1.29 is 9.84 Å². The third kappa shape index (κ3) is 3.98. The van der Waals surface area contributed by atoms with Crippen LogP contribution in [0.4, 0.5) is 0 Å². The fourth-order valence-electron chi connectivity index (χ4n) is 4.15. The first-order chi connectivity index (χ1) is 13.3. The Labute approximate surface area is 158 Å². The molecule has 1 aliphatic carbocycles. The van der Waals surface area contributed by atoms with Crippen LogP contribution in [0.25, 0.3) is 5.82 Å². The molecule has 2 aromatic rings. The van der Waals surface area contributed by atoms with E-state index in [0.717, 1.165) is 63.2 Å². The molecular weight excluding hydrogens is 346 g/mol. The van der Waals surface area contributed by atoms with Crippen LogP contribution < -0.4 is 5.56 Å². The van der Waals surface area contributed by atoms with Gasteiger partial charge in [-0.05, 0) is 31.4 Å². The van der Waals surface area contributed by atoms with Crippen LogP contribution in [0.15, 0.2) is 29.2 Å². The molecule has 3 heterocycles. The molecule has 0 saturated carbocycles. The molecule has 0 amide bonds. The number of aliphatic hydroxyl groups excluding tert-OH is 1. The maximum Gasteiger partial charge on any atom is 0.276 e. The second-order valence-electron chi connectivity index (χ2n) is 7.21. The van der Waals surface area contributed by atoms with E-state index in [2.05, 4.69) is 19.9 Å². The van der Waals surface area contributed by atoms with Gasteiger partial charge in [0.05, 0.1) is 6.61 Å². The lowest BCUT2D eigenvalue weighted by Crippen LogP contribution is -2.52. The molecule has 146 valence electrons. The number of fused-ring (bicyclic) bond motifs is 1. The van der Waals surface area contributed by atoms with E-state index in [9.17, 15) is 4.79 Å². The number of nitrogens with zero attached hydrogens (tertiary/aromatic N) is 4. The van der Waals surface area contributed by atoms with Gasteiger partial charge in [-0.1, -0.05) is 6.07 Å². The number of aliphatic hydroxyl groups is 1. The summed E-state index contributed by atoms with van der Waals surface area (Å²) in [7, 11) is 0. The Balaban J connectivity index is 1.39. The van der Waals surface area contributed by atoms with E-state index in [4.69, 9.17) is 9.84 Å². The minimum absolute atomic E-state index is 0.0354. The molecule has 0 aromatic carbocycles. The minimum Gasteiger partial charge on any atom is -0.371 e. The molecule has 2 N–H and O–H groups in total. The number of aromatic amines is 1. The van der Waals surface area contributed by atoms with Gasteiger partial charge >= 0.3 is 0 Å². The standard InChI is InChI=1S/C19H27N5O3/c25-14-27-12-11-22-7-9-23(10-8-22)15-4-5-17-16(13-15)19(26)24(21-17)18-3-1-2-6-20-18/h1-3,6,15,21,25H,4-5,7-14H2. The van der Waals surface area contributed by atoms with E-state index in [1.54, 1.807) is 10.9 Å². The van der Waals surface area contributed by atoms with E-state index in [1.807, 2.05) is 18.2 Å². The maximum atomic E-state index is 12.9. The number of hydrogen-bond acceptors (Lipinski definition) is 6. The van der Waals surface area contributed by atoms with Crippen LogP contribution in [-0.2, 0) is 17.6 Å². The summed E-state index contributed by atoms with van der Waals surface area (Å²) in [4.78, 5) is 22.0. The third-order valence-electron chi connectivity index (χ3n) is 5.68. The van der Waals surface area contributed by atoms with Crippen molar-refractivity contribution in [3.63, 3.8) is 0 Å². The molecule has 8 nitrogen and oxygen atoms in total. The Kier molecular flexibility index (Phi) is 5.68. The number of piperazine rings is 1. The van der Waals surface area contributed by atoms with Crippen molar-refractivity contribution in [1.82, 2.24) is 24.6 Å². The first kappa shape index (κ1) is 18.4. The van der Waals surface area contributed by atoms with Gasteiger partial charge in [-0.15, -0.1) is 0 Å². The number of aryl methyl sites for hydroxylation is 1. The molecule has 1 saturated heterocycles. The van der Waals surface area contributed by atoms with Crippen molar-refractivity contribution in [2.75, 3.05) is 46.1 Å². The maximum absolute atomic E-state index is 12.9. The largest absolute Gasteiger partial charge is 0.371 e. The van der Waals surface area contributed by atoms with Crippen LogP contribution in [0.5, 0.6) is 0 Å². The molecule has 1 unspecified atom stereocenters. The second-order valence-corrected chi connectivity index (χ2v) is 7.21. The molecule has 27 heavy (non-hydrogen) atoms. The first-order valence-electron chi connectivity index (χ1n) is 9.65. The third-order valence-corrected chi connectivity index (χ3v) is 5.68. The van der Waals surface area contributed by atoms with E-state index in [1.165, 1.54) is 0 Å². The molecule has 1 fully saturated rings. The van der Waals surface area contributed by atoms with Gasteiger partial charge in [0.1, 0.15) is 6.79 Å². The van der Waals surface area contributed by atoms with Crippen molar-refractivity contribution >= 4 is 0 Å².